The number of nitrogens with one attached hydrogen (secondary N) is 1. The van der Waals surface area contributed by atoms with E-state index in [1.54, 1.807) is 18.2 Å². The Balaban J connectivity index is 1.56. The Morgan fingerprint density at radius 2 is 1.65 bits per heavy atom. The lowest BCUT2D eigenvalue weighted by atomic mass is 10.1. The first-order valence-electron chi connectivity index (χ1n) is 9.84. The molecule has 31 heavy (non-hydrogen) atoms. The molecule has 0 saturated heterocycles. The summed E-state index contributed by atoms with van der Waals surface area (Å²) in [7, 11) is 0. The number of carbonyl (C=O) groups excluding carboxylic acids is 1. The quantitative estimate of drug-likeness (QED) is 0.394. The molecule has 0 aliphatic carbocycles. The third kappa shape index (κ3) is 4.99. The summed E-state index contributed by atoms with van der Waals surface area (Å²) in [5.41, 5.74) is 3.71. The number of rotatable bonds is 6. The molecule has 0 heterocycles. The molecule has 6 heteroatoms. The van der Waals surface area contributed by atoms with Crippen LogP contribution in [0.25, 0.3) is 10.8 Å². The largest absolute Gasteiger partial charge is 0.322 e. The summed E-state index contributed by atoms with van der Waals surface area (Å²) in [6.45, 7) is 2.18. The Hall–Kier alpha value is -3.48. The zero-order chi connectivity index (χ0) is 21.8. The number of hydrogen-bond acceptors (Lipinski definition) is 2. The van der Waals surface area contributed by atoms with Crippen LogP contribution in [0.2, 0.25) is 0 Å². The number of nitrogens with zero attached hydrogens (tertiary/aromatic N) is 1. The van der Waals surface area contributed by atoms with Gasteiger partial charge in [0.2, 0.25) is 0 Å². The Bertz CT molecular complexity index is 1260. The molecule has 4 rings (SSSR count). The lowest BCUT2D eigenvalue weighted by Crippen LogP contribution is -2.24. The fraction of sp³-hybridized carbons (Fsp3) is 0.0800. The Morgan fingerprint density at radius 3 is 2.39 bits per heavy atom. The van der Waals surface area contributed by atoms with Crippen LogP contribution in [0.4, 0.5) is 11.4 Å². The molecule has 2 N–H and O–H groups in total. The predicted octanol–water partition coefficient (Wildman–Crippen LogP) is 5.54. The SMILES string of the molecule is Cc1ccc(NC(=O)c2cccc(CN(c3ccc4ccccc4c3)S(=O)O)c2)cc1. The molecule has 1 amide bonds. The fourth-order valence-electron chi connectivity index (χ4n) is 3.39. The van der Waals surface area contributed by atoms with Crippen LogP contribution in [0, 0.1) is 6.92 Å². The molecule has 5 nitrogen and oxygen atoms in total. The van der Waals surface area contributed by atoms with Gasteiger partial charge in [-0.3, -0.25) is 13.7 Å². The number of aryl methyl sites for hydroxylation is 1. The normalized spacial score (nSPS) is 11.8. The van der Waals surface area contributed by atoms with Gasteiger partial charge >= 0.3 is 0 Å². The Labute approximate surface area is 183 Å². The van der Waals surface area contributed by atoms with Gasteiger partial charge < -0.3 is 5.32 Å². The average Bonchev–Trinajstić information content (AvgIpc) is 2.78. The van der Waals surface area contributed by atoms with Crippen LogP contribution in [0.1, 0.15) is 21.5 Å². The first-order valence-corrected chi connectivity index (χ1v) is 10.9. The minimum absolute atomic E-state index is 0.188. The van der Waals surface area contributed by atoms with Gasteiger partial charge in [0.1, 0.15) is 0 Å². The van der Waals surface area contributed by atoms with E-state index >= 15 is 0 Å². The molecular weight excluding hydrogens is 408 g/mol. The van der Waals surface area contributed by atoms with Gasteiger partial charge in [-0.05, 0) is 59.7 Å². The van der Waals surface area contributed by atoms with Gasteiger partial charge in [-0.1, -0.05) is 60.2 Å². The van der Waals surface area contributed by atoms with Crippen LogP contribution < -0.4 is 9.62 Å². The van der Waals surface area contributed by atoms with E-state index in [1.165, 1.54) is 4.31 Å². The number of fused-ring (bicyclic) bond motifs is 1. The first-order chi connectivity index (χ1) is 15.0. The maximum Gasteiger partial charge on any atom is 0.262 e. The van der Waals surface area contributed by atoms with Crippen LogP contribution in [0.3, 0.4) is 0 Å². The van der Waals surface area contributed by atoms with E-state index in [0.29, 0.717) is 11.3 Å². The second kappa shape index (κ2) is 9.12. The van der Waals surface area contributed by atoms with Gasteiger partial charge in [-0.2, -0.15) is 0 Å². The van der Waals surface area contributed by atoms with Crippen molar-refractivity contribution in [3.8, 4) is 0 Å². The van der Waals surface area contributed by atoms with Crippen LogP contribution in [0.5, 0.6) is 0 Å². The molecule has 0 saturated carbocycles. The van der Waals surface area contributed by atoms with Gasteiger partial charge in [0, 0.05) is 11.3 Å². The minimum Gasteiger partial charge on any atom is -0.322 e. The molecule has 0 aliphatic rings. The summed E-state index contributed by atoms with van der Waals surface area (Å²) in [6, 6.07) is 28.1. The maximum absolute atomic E-state index is 12.7. The van der Waals surface area contributed by atoms with E-state index in [-0.39, 0.29) is 12.5 Å². The second-order valence-corrected chi connectivity index (χ2v) is 8.22. The summed E-state index contributed by atoms with van der Waals surface area (Å²) in [5.74, 6) is -0.229. The topological polar surface area (TPSA) is 69.6 Å². The van der Waals surface area contributed by atoms with Crippen LogP contribution in [-0.4, -0.2) is 14.7 Å². The molecule has 1 unspecified atom stereocenters. The van der Waals surface area contributed by atoms with Gasteiger partial charge in [0.05, 0.1) is 12.2 Å². The van der Waals surface area contributed by atoms with Gasteiger partial charge in [-0.15, -0.1) is 0 Å². The highest BCUT2D eigenvalue weighted by molar-refractivity contribution is 7.80. The lowest BCUT2D eigenvalue weighted by Gasteiger charge is -2.21. The van der Waals surface area contributed by atoms with Crippen LogP contribution >= 0.6 is 0 Å². The van der Waals surface area contributed by atoms with Crippen molar-refractivity contribution in [1.82, 2.24) is 0 Å². The molecule has 0 aliphatic heterocycles. The van der Waals surface area contributed by atoms with Crippen molar-refractivity contribution in [1.29, 1.82) is 0 Å². The van der Waals surface area contributed by atoms with E-state index in [0.717, 1.165) is 27.6 Å². The minimum atomic E-state index is -2.22. The van der Waals surface area contributed by atoms with Gasteiger partial charge in [-0.25, -0.2) is 4.21 Å². The first kappa shape index (κ1) is 20.8. The summed E-state index contributed by atoms with van der Waals surface area (Å²) < 4.78 is 23.4. The summed E-state index contributed by atoms with van der Waals surface area (Å²) >= 11 is -2.22. The van der Waals surface area contributed by atoms with Crippen molar-refractivity contribution in [2.75, 3.05) is 9.62 Å². The highest BCUT2D eigenvalue weighted by Crippen LogP contribution is 2.25. The van der Waals surface area contributed by atoms with Crippen molar-refractivity contribution in [3.63, 3.8) is 0 Å². The van der Waals surface area contributed by atoms with E-state index in [9.17, 15) is 13.6 Å². The zero-order valence-corrected chi connectivity index (χ0v) is 17.8. The maximum atomic E-state index is 12.7. The molecule has 4 aromatic rings. The highest BCUT2D eigenvalue weighted by Gasteiger charge is 2.15. The molecule has 0 spiro atoms. The molecule has 0 aromatic heterocycles. The monoisotopic (exact) mass is 430 g/mol. The zero-order valence-electron chi connectivity index (χ0n) is 17.0. The molecule has 0 fully saturated rings. The average molecular weight is 431 g/mol. The van der Waals surface area contributed by atoms with Crippen molar-refractivity contribution in [2.45, 2.75) is 13.5 Å². The Kier molecular flexibility index (Phi) is 6.11. The number of amides is 1. The van der Waals surface area contributed by atoms with Crippen molar-refractivity contribution in [3.05, 3.63) is 108 Å². The molecule has 0 bridgehead atoms. The molecule has 4 aromatic carbocycles. The Morgan fingerprint density at radius 1 is 0.903 bits per heavy atom. The second-order valence-electron chi connectivity index (χ2n) is 7.32. The third-order valence-electron chi connectivity index (χ3n) is 5.03. The smallest absolute Gasteiger partial charge is 0.262 e. The summed E-state index contributed by atoms with van der Waals surface area (Å²) in [4.78, 5) is 12.7. The van der Waals surface area contributed by atoms with Crippen molar-refractivity contribution in [2.24, 2.45) is 0 Å². The molecule has 156 valence electrons. The van der Waals surface area contributed by atoms with E-state index < -0.39 is 11.3 Å². The fourth-order valence-corrected chi connectivity index (χ4v) is 3.94. The third-order valence-corrected chi connectivity index (χ3v) is 5.75. The van der Waals surface area contributed by atoms with Crippen molar-refractivity contribution < 1.29 is 13.6 Å². The predicted molar refractivity (Wildman–Crippen MR) is 126 cm³/mol. The summed E-state index contributed by atoms with van der Waals surface area (Å²) in [5, 5.41) is 4.93. The van der Waals surface area contributed by atoms with Gasteiger partial charge in [0.15, 0.2) is 0 Å². The number of carbonyl (C=O) groups is 1. The van der Waals surface area contributed by atoms with Crippen LogP contribution in [0.15, 0.2) is 91.0 Å². The van der Waals surface area contributed by atoms with Crippen molar-refractivity contribution >= 4 is 39.3 Å². The number of hydrogen-bond donors (Lipinski definition) is 2. The standard InChI is InChI=1S/C25H22N2O3S/c1-18-9-12-23(13-10-18)26-25(28)22-8-4-5-19(15-22)17-27(31(29)30)24-14-11-20-6-2-3-7-21(20)16-24/h2-16H,17H2,1H3,(H,26,28)(H,29,30). The number of benzene rings is 4. The van der Waals surface area contributed by atoms with Gasteiger partial charge in [0.25, 0.3) is 17.2 Å². The van der Waals surface area contributed by atoms with E-state index in [1.807, 2.05) is 79.7 Å². The molecular formula is C25H22N2O3S. The van der Waals surface area contributed by atoms with E-state index in [2.05, 4.69) is 5.32 Å². The number of anilines is 2. The van der Waals surface area contributed by atoms with Crippen LogP contribution in [-0.2, 0) is 17.8 Å². The molecule has 1 atom stereocenters. The molecule has 0 radical (unpaired) electrons. The lowest BCUT2D eigenvalue weighted by molar-refractivity contribution is 0.102. The highest BCUT2D eigenvalue weighted by atomic mass is 32.2. The van der Waals surface area contributed by atoms with E-state index in [4.69, 9.17) is 0 Å². The summed E-state index contributed by atoms with van der Waals surface area (Å²) in [6.07, 6.45) is 0.